The van der Waals surface area contributed by atoms with Crippen LogP contribution >= 0.6 is 0 Å². The van der Waals surface area contributed by atoms with Crippen molar-refractivity contribution < 1.29 is 34.6 Å². The number of aliphatic hydroxyl groups is 4. The van der Waals surface area contributed by atoms with Gasteiger partial charge in [-0.25, -0.2) is 0 Å². The summed E-state index contributed by atoms with van der Waals surface area (Å²) in [7, 11) is 1.51. The smallest absolute Gasteiger partial charge is 0.176 e. The molecule has 27 heavy (non-hydrogen) atoms. The molecule has 1 aliphatic carbocycles. The number of nitrogens with two attached hydrogens (primary N) is 2. The molecular weight excluding hydrogens is 358 g/mol. The van der Waals surface area contributed by atoms with Gasteiger partial charge in [0.05, 0.1) is 12.1 Å². The molecule has 11 atom stereocenters. The van der Waals surface area contributed by atoms with Gasteiger partial charge in [0.25, 0.3) is 0 Å². The molecule has 0 spiro atoms. The van der Waals surface area contributed by atoms with Gasteiger partial charge in [0.15, 0.2) is 6.29 Å². The van der Waals surface area contributed by atoms with Crippen molar-refractivity contribution in [1.29, 1.82) is 0 Å². The summed E-state index contributed by atoms with van der Waals surface area (Å²) in [6.07, 6.45) is -6.95. The van der Waals surface area contributed by atoms with Crippen LogP contribution in [0.4, 0.5) is 0 Å². The van der Waals surface area contributed by atoms with Crippen molar-refractivity contribution in [2.45, 2.75) is 93.8 Å². The highest BCUT2D eigenvalue weighted by Crippen LogP contribution is 2.29. The fourth-order valence-corrected chi connectivity index (χ4v) is 3.84. The van der Waals surface area contributed by atoms with Crippen LogP contribution in [-0.2, 0) is 14.2 Å². The molecule has 9 N–H and O–H groups in total. The molecule has 0 amide bonds. The molecule has 1 saturated heterocycles. The molecule has 6 unspecified atom stereocenters. The maximum atomic E-state index is 10.8. The highest BCUT2D eigenvalue weighted by Gasteiger charge is 2.49. The van der Waals surface area contributed by atoms with Crippen molar-refractivity contribution in [3.63, 3.8) is 0 Å². The molecule has 10 heteroatoms. The van der Waals surface area contributed by atoms with Gasteiger partial charge in [0.2, 0.25) is 0 Å². The molecule has 1 saturated carbocycles. The molecule has 160 valence electrons. The number of hydrogen-bond acceptors (Lipinski definition) is 10. The summed E-state index contributed by atoms with van der Waals surface area (Å²) in [5, 5.41) is 44.0. The molecule has 0 aromatic heterocycles. The Morgan fingerprint density at radius 3 is 2.37 bits per heavy atom. The first-order chi connectivity index (χ1) is 12.7. The SMILES string of the molecule is CCCNC1CC(N)[C@@H](O[C@H]2OC(C(C)O)[C@@H](O)C(O)[C@@H]2N)C(O)[C@@H]1OC. The van der Waals surface area contributed by atoms with Crippen molar-refractivity contribution in [2.75, 3.05) is 13.7 Å². The van der Waals surface area contributed by atoms with Crippen LogP contribution in [0.2, 0.25) is 0 Å². The molecule has 1 aliphatic heterocycles. The number of ether oxygens (including phenoxy) is 3. The summed E-state index contributed by atoms with van der Waals surface area (Å²) in [6, 6.07) is -1.71. The van der Waals surface area contributed by atoms with E-state index < -0.39 is 61.1 Å². The van der Waals surface area contributed by atoms with E-state index in [2.05, 4.69) is 5.32 Å². The van der Waals surface area contributed by atoms with Gasteiger partial charge >= 0.3 is 0 Å². The van der Waals surface area contributed by atoms with E-state index in [9.17, 15) is 20.4 Å². The molecule has 0 bridgehead atoms. The first-order valence-electron chi connectivity index (χ1n) is 9.53. The molecule has 0 aromatic carbocycles. The van der Waals surface area contributed by atoms with Crippen LogP contribution in [0.25, 0.3) is 0 Å². The molecule has 10 nitrogen and oxygen atoms in total. The molecule has 2 rings (SSSR count). The first kappa shape index (κ1) is 22.9. The van der Waals surface area contributed by atoms with Gasteiger partial charge in [-0.2, -0.15) is 0 Å². The monoisotopic (exact) mass is 393 g/mol. The number of methoxy groups -OCH3 is 1. The quantitative estimate of drug-likeness (QED) is 0.236. The van der Waals surface area contributed by atoms with E-state index in [1.165, 1.54) is 14.0 Å². The number of aliphatic hydroxyl groups excluding tert-OH is 4. The second-order valence-electron chi connectivity index (χ2n) is 7.52. The minimum Gasteiger partial charge on any atom is -0.391 e. The van der Waals surface area contributed by atoms with Crippen molar-refractivity contribution >= 4 is 0 Å². The van der Waals surface area contributed by atoms with Crippen LogP contribution in [0.5, 0.6) is 0 Å². The van der Waals surface area contributed by atoms with Gasteiger partial charge in [0, 0.05) is 19.2 Å². The van der Waals surface area contributed by atoms with Crippen LogP contribution in [0.3, 0.4) is 0 Å². The third-order valence-electron chi connectivity index (χ3n) is 5.40. The lowest BCUT2D eigenvalue weighted by atomic mass is 9.83. The van der Waals surface area contributed by atoms with Gasteiger partial charge in [-0.05, 0) is 26.3 Å². The Bertz CT molecular complexity index is 458. The Labute approximate surface area is 159 Å². The zero-order valence-electron chi connectivity index (χ0n) is 16.1. The number of nitrogens with one attached hydrogen (secondary N) is 1. The fraction of sp³-hybridized carbons (Fsp3) is 1.00. The second-order valence-corrected chi connectivity index (χ2v) is 7.52. The largest absolute Gasteiger partial charge is 0.391 e. The molecule has 1 heterocycles. The Morgan fingerprint density at radius 2 is 1.81 bits per heavy atom. The van der Waals surface area contributed by atoms with Crippen molar-refractivity contribution in [3.8, 4) is 0 Å². The fourth-order valence-electron chi connectivity index (χ4n) is 3.84. The first-order valence-corrected chi connectivity index (χ1v) is 9.53. The van der Waals surface area contributed by atoms with Crippen molar-refractivity contribution in [1.82, 2.24) is 5.32 Å². The zero-order chi connectivity index (χ0) is 20.3. The molecule has 0 radical (unpaired) electrons. The van der Waals surface area contributed by atoms with Gasteiger partial charge in [-0.3, -0.25) is 0 Å². The van der Waals surface area contributed by atoms with Gasteiger partial charge in [-0.15, -0.1) is 0 Å². The highest BCUT2D eigenvalue weighted by atomic mass is 16.7. The summed E-state index contributed by atoms with van der Waals surface area (Å²) in [5.41, 5.74) is 12.2. The highest BCUT2D eigenvalue weighted by molar-refractivity contribution is 5.01. The van der Waals surface area contributed by atoms with Crippen LogP contribution < -0.4 is 16.8 Å². The normalized spacial score (nSPS) is 47.0. The van der Waals surface area contributed by atoms with E-state index in [0.717, 1.165) is 13.0 Å². The summed E-state index contributed by atoms with van der Waals surface area (Å²) < 4.78 is 16.9. The zero-order valence-corrected chi connectivity index (χ0v) is 16.1. The van der Waals surface area contributed by atoms with E-state index >= 15 is 0 Å². The Hall–Kier alpha value is -0.400. The Kier molecular flexibility index (Phi) is 8.37. The van der Waals surface area contributed by atoms with Crippen LogP contribution in [0.15, 0.2) is 0 Å². The molecule has 0 aromatic rings. The predicted octanol–water partition coefficient (Wildman–Crippen LogP) is -3.00. The van der Waals surface area contributed by atoms with Gasteiger partial charge < -0.3 is 51.4 Å². The third-order valence-corrected chi connectivity index (χ3v) is 5.40. The van der Waals surface area contributed by atoms with Gasteiger partial charge in [-0.1, -0.05) is 6.92 Å². The van der Waals surface area contributed by atoms with Crippen LogP contribution in [0.1, 0.15) is 26.7 Å². The Balaban J connectivity index is 2.10. The minimum atomic E-state index is -1.35. The summed E-state index contributed by atoms with van der Waals surface area (Å²) in [4.78, 5) is 0. The lowest BCUT2D eigenvalue weighted by molar-refractivity contribution is -0.302. The topological polar surface area (TPSA) is 173 Å². The van der Waals surface area contributed by atoms with Crippen LogP contribution in [0, 0.1) is 0 Å². The van der Waals surface area contributed by atoms with E-state index in [-0.39, 0.29) is 6.04 Å². The van der Waals surface area contributed by atoms with Gasteiger partial charge in [0.1, 0.15) is 36.6 Å². The molecular formula is C17H35N3O7. The molecule has 2 aliphatic rings. The predicted molar refractivity (Wildman–Crippen MR) is 96.7 cm³/mol. The lowest BCUT2D eigenvalue weighted by Crippen LogP contribution is -2.68. The standard InChI is InChI=1S/C17H35N3O7/c1-4-5-20-9-6-8(18)15(13(24)16(9)25-3)27-17-10(19)11(22)12(23)14(26-17)7(2)21/h7-17,20-24H,4-6,18-19H2,1-3H3/t7?,8?,9?,10-,11?,12-,13?,14?,15+,16+,17+/m0/s1. The van der Waals surface area contributed by atoms with E-state index in [4.69, 9.17) is 25.7 Å². The van der Waals surface area contributed by atoms with E-state index in [1.54, 1.807) is 0 Å². The summed E-state index contributed by atoms with van der Waals surface area (Å²) in [5.74, 6) is 0. The average molecular weight is 393 g/mol. The number of rotatable bonds is 7. The summed E-state index contributed by atoms with van der Waals surface area (Å²) in [6.45, 7) is 4.24. The third kappa shape index (κ3) is 4.96. The number of hydrogen-bond donors (Lipinski definition) is 7. The van der Waals surface area contributed by atoms with E-state index in [0.29, 0.717) is 6.42 Å². The average Bonchev–Trinajstić information content (AvgIpc) is 2.62. The minimum absolute atomic E-state index is 0.127. The van der Waals surface area contributed by atoms with Crippen molar-refractivity contribution in [2.24, 2.45) is 11.5 Å². The summed E-state index contributed by atoms with van der Waals surface area (Å²) >= 11 is 0. The molecule has 2 fully saturated rings. The maximum Gasteiger partial charge on any atom is 0.176 e. The maximum absolute atomic E-state index is 10.8. The van der Waals surface area contributed by atoms with E-state index in [1.807, 2.05) is 6.92 Å². The second kappa shape index (κ2) is 9.88. The van der Waals surface area contributed by atoms with Crippen LogP contribution in [-0.4, -0.2) is 101 Å². The Morgan fingerprint density at radius 1 is 1.15 bits per heavy atom. The van der Waals surface area contributed by atoms with Crippen molar-refractivity contribution in [3.05, 3.63) is 0 Å². The lowest BCUT2D eigenvalue weighted by Gasteiger charge is -2.47.